The second-order valence-corrected chi connectivity index (χ2v) is 5.63. The fourth-order valence-corrected chi connectivity index (χ4v) is 2.43. The fraction of sp³-hybridized carbons (Fsp3) is 0.263. The van der Waals surface area contributed by atoms with Crippen LogP contribution in [0.5, 0.6) is 0 Å². The summed E-state index contributed by atoms with van der Waals surface area (Å²) in [5.74, 6) is -1.27. The summed E-state index contributed by atoms with van der Waals surface area (Å²) in [5.41, 5.74) is 1.82. The average molecular weight is 326 g/mol. The van der Waals surface area contributed by atoms with Crippen LogP contribution in [0.3, 0.4) is 0 Å². The summed E-state index contributed by atoms with van der Waals surface area (Å²) < 4.78 is 0. The number of unbranched alkanes of at least 4 members (excludes halogenated alkanes) is 1. The maximum Gasteiger partial charge on any atom is 0.337 e. The van der Waals surface area contributed by atoms with E-state index in [0.29, 0.717) is 16.9 Å². The number of aromatic carboxylic acids is 1. The summed E-state index contributed by atoms with van der Waals surface area (Å²) in [5, 5.41) is 12.2. The number of rotatable bonds is 7. The number of benzene rings is 2. The van der Waals surface area contributed by atoms with E-state index in [2.05, 4.69) is 12.2 Å². The molecular weight excluding hydrogens is 304 g/mol. The lowest BCUT2D eigenvalue weighted by Gasteiger charge is -2.21. The first-order valence-corrected chi connectivity index (χ1v) is 7.97. The van der Waals surface area contributed by atoms with Crippen LogP contribution in [-0.2, 0) is 0 Å². The summed E-state index contributed by atoms with van der Waals surface area (Å²) in [6.07, 6.45) is 2.03. The largest absolute Gasteiger partial charge is 0.478 e. The van der Waals surface area contributed by atoms with Crippen LogP contribution in [0.25, 0.3) is 0 Å². The fourth-order valence-electron chi connectivity index (χ4n) is 2.43. The molecule has 1 amide bonds. The molecule has 0 saturated heterocycles. The molecule has 0 fully saturated rings. The average Bonchev–Trinajstić information content (AvgIpc) is 2.60. The summed E-state index contributed by atoms with van der Waals surface area (Å²) in [4.78, 5) is 25.7. The van der Waals surface area contributed by atoms with Gasteiger partial charge in [-0.05, 0) is 36.8 Å². The van der Waals surface area contributed by atoms with Gasteiger partial charge in [-0.15, -0.1) is 0 Å². The first-order valence-electron chi connectivity index (χ1n) is 7.97. The normalized spacial score (nSPS) is 10.2. The highest BCUT2D eigenvalue weighted by Gasteiger charge is 2.15. The van der Waals surface area contributed by atoms with Crippen molar-refractivity contribution in [2.45, 2.75) is 19.8 Å². The van der Waals surface area contributed by atoms with Crippen molar-refractivity contribution in [3.63, 3.8) is 0 Å². The Morgan fingerprint density at radius 1 is 1.12 bits per heavy atom. The minimum absolute atomic E-state index is 0.180. The van der Waals surface area contributed by atoms with Gasteiger partial charge in [-0.2, -0.15) is 0 Å². The van der Waals surface area contributed by atoms with Crippen molar-refractivity contribution < 1.29 is 14.7 Å². The van der Waals surface area contributed by atoms with Gasteiger partial charge in [-0.3, -0.25) is 4.79 Å². The number of amides is 1. The van der Waals surface area contributed by atoms with Crippen LogP contribution >= 0.6 is 0 Å². The predicted molar refractivity (Wildman–Crippen MR) is 96.0 cm³/mol. The van der Waals surface area contributed by atoms with Crippen LogP contribution < -0.4 is 10.2 Å². The Morgan fingerprint density at radius 3 is 2.46 bits per heavy atom. The van der Waals surface area contributed by atoms with Crippen molar-refractivity contribution >= 4 is 23.3 Å². The number of anilines is 2. The van der Waals surface area contributed by atoms with Gasteiger partial charge in [0, 0.05) is 24.8 Å². The highest BCUT2D eigenvalue weighted by Crippen LogP contribution is 2.24. The Bertz CT molecular complexity index is 714. The van der Waals surface area contributed by atoms with E-state index in [9.17, 15) is 14.7 Å². The molecule has 126 valence electrons. The van der Waals surface area contributed by atoms with Gasteiger partial charge in [0.25, 0.3) is 5.91 Å². The zero-order valence-corrected chi connectivity index (χ0v) is 14.0. The van der Waals surface area contributed by atoms with Crippen LogP contribution in [0.1, 0.15) is 40.5 Å². The summed E-state index contributed by atoms with van der Waals surface area (Å²) in [6, 6.07) is 13.8. The maximum absolute atomic E-state index is 12.2. The lowest BCUT2D eigenvalue weighted by Crippen LogP contribution is -2.21. The smallest absolute Gasteiger partial charge is 0.337 e. The molecule has 0 atom stereocenters. The third-order valence-corrected chi connectivity index (χ3v) is 3.78. The van der Waals surface area contributed by atoms with E-state index in [0.717, 1.165) is 19.4 Å². The lowest BCUT2D eigenvalue weighted by molar-refractivity contribution is 0.0697. The summed E-state index contributed by atoms with van der Waals surface area (Å²) in [6.45, 7) is 2.88. The van der Waals surface area contributed by atoms with E-state index in [4.69, 9.17) is 0 Å². The molecule has 2 aromatic rings. The standard InChI is InChI=1S/C19H22N2O3/c1-3-4-12-21(2)17-11-10-15(13-16(17)19(23)24)20-18(22)14-8-6-5-7-9-14/h5-11,13H,3-4,12H2,1-2H3,(H,20,22)(H,23,24). The molecule has 0 saturated carbocycles. The monoisotopic (exact) mass is 326 g/mol. The van der Waals surface area contributed by atoms with Gasteiger partial charge < -0.3 is 15.3 Å². The number of carbonyl (C=O) groups is 2. The highest BCUT2D eigenvalue weighted by atomic mass is 16.4. The molecule has 5 heteroatoms. The molecule has 0 spiro atoms. The van der Waals surface area contributed by atoms with Gasteiger partial charge >= 0.3 is 5.97 Å². The molecule has 0 aliphatic rings. The third kappa shape index (κ3) is 4.35. The van der Waals surface area contributed by atoms with Crippen LogP contribution in [0.4, 0.5) is 11.4 Å². The van der Waals surface area contributed by atoms with Crippen LogP contribution in [0, 0.1) is 0 Å². The van der Waals surface area contributed by atoms with Gasteiger partial charge in [0.05, 0.1) is 11.3 Å². The van der Waals surface area contributed by atoms with Crippen molar-refractivity contribution in [2.75, 3.05) is 23.8 Å². The number of carbonyl (C=O) groups excluding carboxylic acids is 1. The predicted octanol–water partition coefficient (Wildman–Crippen LogP) is 3.87. The van der Waals surface area contributed by atoms with Crippen molar-refractivity contribution in [2.24, 2.45) is 0 Å². The van der Waals surface area contributed by atoms with Gasteiger partial charge in [-0.1, -0.05) is 31.5 Å². The minimum atomic E-state index is -1.01. The number of carboxylic acids is 1. The minimum Gasteiger partial charge on any atom is -0.478 e. The molecule has 0 bridgehead atoms. The van der Waals surface area contributed by atoms with Gasteiger partial charge in [0.1, 0.15) is 0 Å². The van der Waals surface area contributed by atoms with E-state index in [1.54, 1.807) is 36.4 Å². The van der Waals surface area contributed by atoms with E-state index < -0.39 is 5.97 Å². The summed E-state index contributed by atoms with van der Waals surface area (Å²) >= 11 is 0. The topological polar surface area (TPSA) is 69.6 Å². The lowest BCUT2D eigenvalue weighted by atomic mass is 10.1. The van der Waals surface area contributed by atoms with Crippen LogP contribution in [0.2, 0.25) is 0 Å². The Hall–Kier alpha value is -2.82. The van der Waals surface area contributed by atoms with Crippen molar-refractivity contribution in [1.29, 1.82) is 0 Å². The molecule has 0 aromatic heterocycles. The Balaban J connectivity index is 2.22. The van der Waals surface area contributed by atoms with E-state index in [1.807, 2.05) is 18.0 Å². The molecule has 2 rings (SSSR count). The SMILES string of the molecule is CCCCN(C)c1ccc(NC(=O)c2ccccc2)cc1C(=O)O. The number of hydrogen-bond donors (Lipinski definition) is 2. The Labute approximate surface area is 141 Å². The molecule has 5 nitrogen and oxygen atoms in total. The molecular formula is C19H22N2O3. The molecule has 2 aromatic carbocycles. The zero-order valence-electron chi connectivity index (χ0n) is 14.0. The van der Waals surface area contributed by atoms with E-state index in [1.165, 1.54) is 6.07 Å². The highest BCUT2D eigenvalue weighted by molar-refractivity contribution is 6.05. The maximum atomic E-state index is 12.2. The zero-order chi connectivity index (χ0) is 17.5. The van der Waals surface area contributed by atoms with Gasteiger partial charge in [-0.25, -0.2) is 4.79 Å². The first kappa shape index (κ1) is 17.5. The van der Waals surface area contributed by atoms with Crippen LogP contribution in [-0.4, -0.2) is 30.6 Å². The second-order valence-electron chi connectivity index (χ2n) is 5.63. The quantitative estimate of drug-likeness (QED) is 0.810. The number of nitrogens with zero attached hydrogens (tertiary/aromatic N) is 1. The second kappa shape index (κ2) is 8.15. The molecule has 0 aliphatic carbocycles. The number of carboxylic acid groups (broad SMARTS) is 1. The number of nitrogens with one attached hydrogen (secondary N) is 1. The summed E-state index contributed by atoms with van der Waals surface area (Å²) in [7, 11) is 1.87. The van der Waals surface area contributed by atoms with Crippen molar-refractivity contribution in [1.82, 2.24) is 0 Å². The Kier molecular flexibility index (Phi) is 5.95. The molecule has 0 heterocycles. The molecule has 0 aliphatic heterocycles. The molecule has 0 unspecified atom stereocenters. The first-order chi connectivity index (χ1) is 11.5. The molecule has 0 radical (unpaired) electrons. The molecule has 24 heavy (non-hydrogen) atoms. The van der Waals surface area contributed by atoms with Gasteiger partial charge in [0.15, 0.2) is 0 Å². The van der Waals surface area contributed by atoms with Gasteiger partial charge in [0.2, 0.25) is 0 Å². The number of hydrogen-bond acceptors (Lipinski definition) is 3. The van der Waals surface area contributed by atoms with Crippen LogP contribution in [0.15, 0.2) is 48.5 Å². The van der Waals surface area contributed by atoms with Crippen molar-refractivity contribution in [3.05, 3.63) is 59.7 Å². The molecule has 2 N–H and O–H groups in total. The Morgan fingerprint density at radius 2 is 1.83 bits per heavy atom. The van der Waals surface area contributed by atoms with Crippen molar-refractivity contribution in [3.8, 4) is 0 Å². The third-order valence-electron chi connectivity index (χ3n) is 3.78. The van der Waals surface area contributed by atoms with E-state index >= 15 is 0 Å². The van der Waals surface area contributed by atoms with E-state index in [-0.39, 0.29) is 11.5 Å².